The van der Waals surface area contributed by atoms with Gasteiger partial charge in [-0.2, -0.15) is 0 Å². The van der Waals surface area contributed by atoms with Crippen LogP contribution in [-0.2, 0) is 9.59 Å². The highest BCUT2D eigenvalue weighted by atomic mass is 16.4. The number of aliphatic hydroxyl groups excluding tert-OH is 1. The maximum Gasteiger partial charge on any atom is 0.326 e. The number of carboxylic acid groups (broad SMARTS) is 1. The first kappa shape index (κ1) is 13.9. The number of carboxylic acids is 1. The molecule has 6 heteroatoms. The third-order valence-corrected chi connectivity index (χ3v) is 2.98. The molecule has 1 aliphatic heterocycles. The largest absolute Gasteiger partial charge is 0.480 e. The second kappa shape index (κ2) is 6.56. The lowest BCUT2D eigenvalue weighted by Crippen LogP contribution is -2.40. The van der Waals surface area contributed by atoms with Gasteiger partial charge in [0.2, 0.25) is 5.91 Å². The van der Waals surface area contributed by atoms with Crippen molar-refractivity contribution in [3.05, 3.63) is 0 Å². The molecule has 17 heavy (non-hydrogen) atoms. The summed E-state index contributed by atoms with van der Waals surface area (Å²) in [4.78, 5) is 24.0. The molecule has 4 N–H and O–H groups in total. The summed E-state index contributed by atoms with van der Waals surface area (Å²) < 4.78 is 0. The molecule has 0 aromatic rings. The van der Waals surface area contributed by atoms with E-state index in [1.54, 1.807) is 0 Å². The van der Waals surface area contributed by atoms with Gasteiger partial charge in [-0.25, -0.2) is 4.79 Å². The molecule has 6 nitrogen and oxygen atoms in total. The number of nitrogens with two attached hydrogens (primary N) is 1. The SMILES string of the molecule is NCCCCCC(=O)N1C[C@@H](O)C[C@H]1C(=O)O. The molecule has 0 aromatic heterocycles. The minimum absolute atomic E-state index is 0.129. The van der Waals surface area contributed by atoms with Gasteiger partial charge in [0.25, 0.3) is 0 Å². The van der Waals surface area contributed by atoms with Crippen molar-refractivity contribution in [2.24, 2.45) is 5.73 Å². The average Bonchev–Trinajstić information content (AvgIpc) is 2.66. The van der Waals surface area contributed by atoms with E-state index in [4.69, 9.17) is 10.8 Å². The maximum atomic E-state index is 11.8. The summed E-state index contributed by atoms with van der Waals surface area (Å²) in [5.74, 6) is -1.23. The Morgan fingerprint density at radius 3 is 2.59 bits per heavy atom. The molecule has 98 valence electrons. The van der Waals surface area contributed by atoms with Crippen LogP contribution in [0.5, 0.6) is 0 Å². The van der Waals surface area contributed by atoms with Crippen LogP contribution in [0.4, 0.5) is 0 Å². The summed E-state index contributed by atoms with van der Waals surface area (Å²) >= 11 is 0. The quantitative estimate of drug-likeness (QED) is 0.549. The van der Waals surface area contributed by atoms with Gasteiger partial charge in [0.15, 0.2) is 0 Å². The second-order valence-electron chi connectivity index (χ2n) is 4.39. The summed E-state index contributed by atoms with van der Waals surface area (Å²) in [5.41, 5.74) is 5.34. The fourth-order valence-corrected chi connectivity index (χ4v) is 2.06. The van der Waals surface area contributed by atoms with E-state index < -0.39 is 18.1 Å². The highest BCUT2D eigenvalue weighted by Crippen LogP contribution is 2.19. The Hall–Kier alpha value is -1.14. The number of likely N-dealkylation sites (tertiary alicyclic amines) is 1. The summed E-state index contributed by atoms with van der Waals surface area (Å²) in [5, 5.41) is 18.3. The molecule has 1 heterocycles. The molecule has 2 atom stereocenters. The number of carbonyl (C=O) groups is 2. The van der Waals surface area contributed by atoms with Crippen molar-refractivity contribution in [1.29, 1.82) is 0 Å². The zero-order chi connectivity index (χ0) is 12.8. The Bertz CT molecular complexity index is 283. The zero-order valence-corrected chi connectivity index (χ0v) is 9.84. The van der Waals surface area contributed by atoms with Crippen LogP contribution in [0.3, 0.4) is 0 Å². The Morgan fingerprint density at radius 1 is 1.29 bits per heavy atom. The third kappa shape index (κ3) is 3.98. The number of aliphatic carboxylic acids is 1. The molecule has 0 bridgehead atoms. The van der Waals surface area contributed by atoms with Crippen LogP contribution < -0.4 is 5.73 Å². The normalized spacial score (nSPS) is 24.0. The van der Waals surface area contributed by atoms with Crippen molar-refractivity contribution in [3.8, 4) is 0 Å². The molecule has 0 radical (unpaired) electrons. The van der Waals surface area contributed by atoms with E-state index >= 15 is 0 Å². The zero-order valence-electron chi connectivity index (χ0n) is 9.84. The topological polar surface area (TPSA) is 104 Å². The van der Waals surface area contributed by atoms with Crippen molar-refractivity contribution in [2.45, 2.75) is 44.2 Å². The third-order valence-electron chi connectivity index (χ3n) is 2.98. The van der Waals surface area contributed by atoms with Crippen LogP contribution >= 0.6 is 0 Å². The number of rotatable bonds is 6. The number of unbranched alkanes of at least 4 members (excludes halogenated alkanes) is 2. The maximum absolute atomic E-state index is 11.8. The van der Waals surface area contributed by atoms with Crippen LogP contribution in [0.15, 0.2) is 0 Å². The van der Waals surface area contributed by atoms with E-state index in [0.717, 1.165) is 19.3 Å². The first-order chi connectivity index (χ1) is 8.06. The Labute approximate surface area is 100 Å². The van der Waals surface area contributed by atoms with E-state index in [9.17, 15) is 14.7 Å². The van der Waals surface area contributed by atoms with Crippen LogP contribution in [-0.4, -0.2) is 52.2 Å². The molecule has 0 saturated carbocycles. The average molecular weight is 244 g/mol. The number of carbonyl (C=O) groups excluding carboxylic acids is 1. The molecule has 1 aliphatic rings. The Morgan fingerprint density at radius 2 is 2.00 bits per heavy atom. The molecule has 0 aliphatic carbocycles. The minimum atomic E-state index is -1.04. The standard InChI is InChI=1S/C11H20N2O4/c12-5-3-1-2-4-10(15)13-7-8(14)6-9(13)11(16)17/h8-9,14H,1-7,12H2,(H,16,17)/t8-,9-/m0/s1. The summed E-state index contributed by atoms with van der Waals surface area (Å²) in [6.07, 6.45) is 2.20. The molecular formula is C11H20N2O4. The van der Waals surface area contributed by atoms with Crippen molar-refractivity contribution in [1.82, 2.24) is 4.90 Å². The first-order valence-electron chi connectivity index (χ1n) is 5.96. The van der Waals surface area contributed by atoms with Gasteiger partial charge in [-0.15, -0.1) is 0 Å². The van der Waals surface area contributed by atoms with E-state index in [1.165, 1.54) is 4.90 Å². The van der Waals surface area contributed by atoms with Crippen molar-refractivity contribution >= 4 is 11.9 Å². The monoisotopic (exact) mass is 244 g/mol. The summed E-state index contributed by atoms with van der Waals surface area (Å²) in [6, 6.07) is -0.869. The molecule has 0 aromatic carbocycles. The second-order valence-corrected chi connectivity index (χ2v) is 4.39. The Balaban J connectivity index is 2.41. The van der Waals surface area contributed by atoms with E-state index in [2.05, 4.69) is 0 Å². The molecule has 1 saturated heterocycles. The van der Waals surface area contributed by atoms with Crippen molar-refractivity contribution in [3.63, 3.8) is 0 Å². The number of hydrogen-bond acceptors (Lipinski definition) is 4. The molecule has 0 unspecified atom stereocenters. The lowest BCUT2D eigenvalue weighted by atomic mass is 10.1. The van der Waals surface area contributed by atoms with Gasteiger partial charge in [-0.3, -0.25) is 4.79 Å². The molecule has 0 spiro atoms. The van der Waals surface area contributed by atoms with Gasteiger partial charge in [-0.05, 0) is 19.4 Å². The highest BCUT2D eigenvalue weighted by molar-refractivity contribution is 5.84. The van der Waals surface area contributed by atoms with Gasteiger partial charge >= 0.3 is 5.97 Å². The van der Waals surface area contributed by atoms with Gasteiger partial charge in [0.1, 0.15) is 6.04 Å². The highest BCUT2D eigenvalue weighted by Gasteiger charge is 2.38. The van der Waals surface area contributed by atoms with Crippen LogP contribution in [0.1, 0.15) is 32.1 Å². The minimum Gasteiger partial charge on any atom is -0.480 e. The molecule has 1 fully saturated rings. The molecule has 1 rings (SSSR count). The predicted octanol–water partition coefficient (Wildman–Crippen LogP) is -0.448. The smallest absolute Gasteiger partial charge is 0.326 e. The fraction of sp³-hybridized carbons (Fsp3) is 0.818. The lowest BCUT2D eigenvalue weighted by molar-refractivity contribution is -0.148. The predicted molar refractivity (Wildman–Crippen MR) is 61.3 cm³/mol. The van der Waals surface area contributed by atoms with E-state index in [-0.39, 0.29) is 18.9 Å². The van der Waals surface area contributed by atoms with E-state index in [1.807, 2.05) is 0 Å². The lowest BCUT2D eigenvalue weighted by Gasteiger charge is -2.21. The number of nitrogens with zero attached hydrogens (tertiary/aromatic N) is 1. The van der Waals surface area contributed by atoms with Crippen LogP contribution in [0.25, 0.3) is 0 Å². The van der Waals surface area contributed by atoms with Crippen molar-refractivity contribution in [2.75, 3.05) is 13.1 Å². The van der Waals surface area contributed by atoms with Crippen LogP contribution in [0, 0.1) is 0 Å². The van der Waals surface area contributed by atoms with Gasteiger partial charge in [0, 0.05) is 19.4 Å². The van der Waals surface area contributed by atoms with Crippen molar-refractivity contribution < 1.29 is 19.8 Å². The molecule has 1 amide bonds. The Kier molecular flexibility index (Phi) is 5.37. The number of β-amino-alcohol motifs (C(OH)–C–C–N with tert-alkyl or cyclic N) is 1. The number of hydrogen-bond donors (Lipinski definition) is 3. The van der Waals surface area contributed by atoms with Gasteiger partial charge in [0.05, 0.1) is 6.10 Å². The van der Waals surface area contributed by atoms with Gasteiger partial charge in [-0.1, -0.05) is 6.42 Å². The fourth-order valence-electron chi connectivity index (χ4n) is 2.06. The first-order valence-corrected chi connectivity index (χ1v) is 5.96. The van der Waals surface area contributed by atoms with Crippen LogP contribution in [0.2, 0.25) is 0 Å². The number of aliphatic hydroxyl groups is 1. The molecular weight excluding hydrogens is 224 g/mol. The number of amides is 1. The summed E-state index contributed by atoms with van der Waals surface area (Å²) in [6.45, 7) is 0.737. The summed E-state index contributed by atoms with van der Waals surface area (Å²) in [7, 11) is 0. The van der Waals surface area contributed by atoms with Gasteiger partial charge < -0.3 is 20.8 Å². The van der Waals surface area contributed by atoms with E-state index in [0.29, 0.717) is 13.0 Å².